The van der Waals surface area contributed by atoms with Gasteiger partial charge in [0.25, 0.3) is 11.8 Å². The highest BCUT2D eigenvalue weighted by atomic mass is 35.5. The fraction of sp³-hybridized carbons (Fsp3) is 0.346. The second-order valence-electron chi connectivity index (χ2n) is 9.70. The van der Waals surface area contributed by atoms with Crippen molar-refractivity contribution in [2.75, 3.05) is 19.6 Å². The average molecular weight is 504 g/mol. The van der Waals surface area contributed by atoms with Crippen LogP contribution in [0.25, 0.3) is 22.2 Å². The predicted octanol–water partition coefficient (Wildman–Crippen LogP) is 3.81. The van der Waals surface area contributed by atoms with Crippen LogP contribution >= 0.6 is 11.6 Å². The fourth-order valence-electron chi connectivity index (χ4n) is 4.79. The lowest BCUT2D eigenvalue weighted by Crippen LogP contribution is -2.55. The standard InChI is InChI=1S/C26H26ClN7O2/c1-16-13-32(9-10-33(16)26(36)24-15-34(30-29-24)19-4-5-19)25(35)17-3-6-20-21(27)12-22(28-23(20)11-17)18-7-8-31(2)14-18/h3,6-8,11-12,14-16,19H,4-5,9-10,13H2,1-2H3. The number of hydrogen-bond acceptors (Lipinski definition) is 5. The van der Waals surface area contributed by atoms with Gasteiger partial charge in [0.15, 0.2) is 5.69 Å². The summed E-state index contributed by atoms with van der Waals surface area (Å²) in [6, 6.07) is 9.50. The summed E-state index contributed by atoms with van der Waals surface area (Å²) in [6.45, 7) is 3.29. The number of rotatable bonds is 4. The van der Waals surface area contributed by atoms with Gasteiger partial charge in [-0.15, -0.1) is 5.10 Å². The van der Waals surface area contributed by atoms with Gasteiger partial charge < -0.3 is 14.4 Å². The molecule has 3 aromatic heterocycles. The lowest BCUT2D eigenvalue weighted by atomic mass is 10.1. The first-order valence-electron chi connectivity index (χ1n) is 12.1. The van der Waals surface area contributed by atoms with Crippen molar-refractivity contribution in [3.8, 4) is 11.3 Å². The van der Waals surface area contributed by atoms with Crippen LogP contribution in [0.15, 0.2) is 48.9 Å². The van der Waals surface area contributed by atoms with E-state index >= 15 is 0 Å². The molecule has 6 rings (SSSR count). The summed E-state index contributed by atoms with van der Waals surface area (Å²) in [5.74, 6) is -0.224. The molecule has 1 saturated heterocycles. The molecule has 0 bridgehead atoms. The maximum absolute atomic E-state index is 13.4. The van der Waals surface area contributed by atoms with Gasteiger partial charge in [-0.3, -0.25) is 9.59 Å². The lowest BCUT2D eigenvalue weighted by Gasteiger charge is -2.39. The van der Waals surface area contributed by atoms with E-state index in [1.807, 2.05) is 49.1 Å². The van der Waals surface area contributed by atoms with Crippen molar-refractivity contribution in [3.05, 3.63) is 65.2 Å². The molecule has 1 aliphatic carbocycles. The SMILES string of the molecule is CC1CN(C(=O)c2ccc3c(Cl)cc(-c4ccn(C)c4)nc3c2)CCN1C(=O)c1cn(C2CC2)nn1. The summed E-state index contributed by atoms with van der Waals surface area (Å²) >= 11 is 6.55. The van der Waals surface area contributed by atoms with E-state index in [-0.39, 0.29) is 17.9 Å². The summed E-state index contributed by atoms with van der Waals surface area (Å²) < 4.78 is 3.73. The molecular weight excluding hydrogens is 478 g/mol. The molecule has 10 heteroatoms. The minimum Gasteiger partial charge on any atom is -0.357 e. The quantitative estimate of drug-likeness (QED) is 0.422. The highest BCUT2D eigenvalue weighted by Gasteiger charge is 2.33. The van der Waals surface area contributed by atoms with Crippen molar-refractivity contribution in [2.45, 2.75) is 31.8 Å². The van der Waals surface area contributed by atoms with Gasteiger partial charge in [0.05, 0.1) is 28.5 Å². The van der Waals surface area contributed by atoms with E-state index in [0.717, 1.165) is 29.5 Å². The number of piperazine rings is 1. The van der Waals surface area contributed by atoms with Crippen LogP contribution in [0.5, 0.6) is 0 Å². The summed E-state index contributed by atoms with van der Waals surface area (Å²) in [5.41, 5.74) is 3.31. The van der Waals surface area contributed by atoms with E-state index in [2.05, 4.69) is 10.3 Å². The van der Waals surface area contributed by atoms with Crippen molar-refractivity contribution in [2.24, 2.45) is 7.05 Å². The molecule has 2 aliphatic rings. The third kappa shape index (κ3) is 4.13. The Labute approximate surface area is 213 Å². The first-order valence-corrected chi connectivity index (χ1v) is 12.5. The average Bonchev–Trinajstić information content (AvgIpc) is 3.43. The Hall–Kier alpha value is -3.72. The van der Waals surface area contributed by atoms with Crippen LogP contribution in [0, 0.1) is 0 Å². The Balaban J connectivity index is 1.19. The molecule has 1 saturated carbocycles. The van der Waals surface area contributed by atoms with E-state index in [1.165, 1.54) is 0 Å². The minimum absolute atomic E-state index is 0.0847. The first kappa shape index (κ1) is 22.7. The van der Waals surface area contributed by atoms with Crippen LogP contribution in [0.3, 0.4) is 0 Å². The van der Waals surface area contributed by atoms with E-state index in [4.69, 9.17) is 16.6 Å². The smallest absolute Gasteiger partial charge is 0.276 e. The van der Waals surface area contributed by atoms with Gasteiger partial charge >= 0.3 is 0 Å². The molecule has 2 amide bonds. The largest absolute Gasteiger partial charge is 0.357 e. The van der Waals surface area contributed by atoms with E-state index < -0.39 is 0 Å². The maximum atomic E-state index is 13.4. The Morgan fingerprint density at radius 1 is 1.06 bits per heavy atom. The number of carbonyl (C=O) groups excluding carboxylic acids is 2. The highest BCUT2D eigenvalue weighted by molar-refractivity contribution is 6.35. The third-order valence-electron chi connectivity index (χ3n) is 6.96. The van der Waals surface area contributed by atoms with Gasteiger partial charge in [-0.2, -0.15) is 0 Å². The minimum atomic E-state index is -0.140. The van der Waals surface area contributed by atoms with Gasteiger partial charge in [-0.25, -0.2) is 9.67 Å². The molecule has 36 heavy (non-hydrogen) atoms. The molecule has 1 unspecified atom stereocenters. The van der Waals surface area contributed by atoms with Gasteiger partial charge in [0.2, 0.25) is 0 Å². The molecule has 184 valence electrons. The van der Waals surface area contributed by atoms with E-state index in [9.17, 15) is 9.59 Å². The fourth-order valence-corrected chi connectivity index (χ4v) is 5.05. The molecule has 4 aromatic rings. The zero-order valence-electron chi connectivity index (χ0n) is 20.1. The van der Waals surface area contributed by atoms with Crippen molar-refractivity contribution >= 4 is 34.3 Å². The van der Waals surface area contributed by atoms with Crippen LogP contribution in [0.4, 0.5) is 0 Å². The number of aryl methyl sites for hydroxylation is 1. The summed E-state index contributed by atoms with van der Waals surface area (Å²) in [6.07, 6.45) is 7.83. The number of aromatic nitrogens is 5. The topological polar surface area (TPSA) is 89.2 Å². The van der Waals surface area contributed by atoms with Gasteiger partial charge in [-0.1, -0.05) is 22.9 Å². The first-order chi connectivity index (χ1) is 17.4. The van der Waals surface area contributed by atoms with E-state index in [0.29, 0.717) is 47.5 Å². The molecule has 1 atom stereocenters. The molecule has 0 radical (unpaired) electrons. The Kier molecular flexibility index (Phi) is 5.52. The second kappa shape index (κ2) is 8.74. The highest BCUT2D eigenvalue weighted by Crippen LogP contribution is 2.34. The van der Waals surface area contributed by atoms with Gasteiger partial charge in [0.1, 0.15) is 0 Å². The van der Waals surface area contributed by atoms with Crippen molar-refractivity contribution in [1.29, 1.82) is 0 Å². The monoisotopic (exact) mass is 503 g/mol. The van der Waals surface area contributed by atoms with Crippen LogP contribution < -0.4 is 0 Å². The molecular formula is C26H26ClN7O2. The van der Waals surface area contributed by atoms with E-state index in [1.54, 1.807) is 32.8 Å². The van der Waals surface area contributed by atoms with Crippen LogP contribution in [-0.2, 0) is 7.05 Å². The Morgan fingerprint density at radius 3 is 2.61 bits per heavy atom. The zero-order valence-corrected chi connectivity index (χ0v) is 20.9. The summed E-state index contributed by atoms with van der Waals surface area (Å²) in [4.78, 5) is 34.8. The molecule has 0 spiro atoms. The number of fused-ring (bicyclic) bond motifs is 1. The van der Waals surface area contributed by atoms with Crippen molar-refractivity contribution < 1.29 is 9.59 Å². The molecule has 1 aliphatic heterocycles. The molecule has 0 N–H and O–H groups in total. The van der Waals surface area contributed by atoms with Gasteiger partial charge in [-0.05, 0) is 44.0 Å². The number of carbonyl (C=O) groups is 2. The number of benzene rings is 1. The molecule has 4 heterocycles. The molecule has 9 nitrogen and oxygen atoms in total. The van der Waals surface area contributed by atoms with Crippen molar-refractivity contribution in [1.82, 2.24) is 34.3 Å². The normalized spacial score (nSPS) is 18.1. The lowest BCUT2D eigenvalue weighted by molar-refractivity contribution is 0.0411. The maximum Gasteiger partial charge on any atom is 0.276 e. The second-order valence-corrected chi connectivity index (χ2v) is 10.1. The Morgan fingerprint density at radius 2 is 1.89 bits per heavy atom. The molecule has 2 fully saturated rings. The summed E-state index contributed by atoms with van der Waals surface area (Å²) in [5, 5.41) is 9.57. The summed E-state index contributed by atoms with van der Waals surface area (Å²) in [7, 11) is 1.95. The van der Waals surface area contributed by atoms with Crippen molar-refractivity contribution in [3.63, 3.8) is 0 Å². The number of pyridine rings is 1. The van der Waals surface area contributed by atoms with Crippen LogP contribution in [0.2, 0.25) is 5.02 Å². The van der Waals surface area contributed by atoms with Gasteiger partial charge in [0, 0.05) is 61.6 Å². The number of amides is 2. The zero-order chi connectivity index (χ0) is 25.0. The number of halogens is 1. The number of hydrogen-bond donors (Lipinski definition) is 0. The van der Waals surface area contributed by atoms with Crippen LogP contribution in [0.1, 0.15) is 46.7 Å². The Bertz CT molecular complexity index is 1490. The number of nitrogens with zero attached hydrogens (tertiary/aromatic N) is 7. The predicted molar refractivity (Wildman–Crippen MR) is 136 cm³/mol. The van der Waals surface area contributed by atoms with Crippen LogP contribution in [-0.4, -0.2) is 71.8 Å². The molecule has 1 aromatic carbocycles. The third-order valence-corrected chi connectivity index (χ3v) is 7.27.